The van der Waals surface area contributed by atoms with Crippen molar-refractivity contribution in [2.24, 2.45) is 0 Å². The van der Waals surface area contributed by atoms with Crippen LogP contribution in [0, 0.1) is 20.2 Å². The molecule has 1 aromatic rings. The van der Waals surface area contributed by atoms with E-state index in [1.165, 1.54) is 12.1 Å². The Bertz CT molecular complexity index is 664. The predicted octanol–water partition coefficient (Wildman–Crippen LogP) is 4.35. The molecule has 122 valence electrons. The quantitative estimate of drug-likeness (QED) is 0.403. The van der Waals surface area contributed by atoms with E-state index in [1.807, 2.05) is 26.0 Å². The minimum Gasteiger partial charge on any atom is -0.479 e. The first-order valence-electron chi connectivity index (χ1n) is 6.99. The number of nitro benzene ring substituents is 2. The van der Waals surface area contributed by atoms with E-state index < -0.39 is 21.6 Å². The first-order valence-corrected chi connectivity index (χ1v) is 6.99. The lowest BCUT2D eigenvalue weighted by Gasteiger charge is -2.18. The third-order valence-electron chi connectivity index (χ3n) is 3.08. The number of non-ortho nitro benzene ring substituents is 1. The largest absolute Gasteiger partial charge is 0.479 e. The number of rotatable bonds is 8. The summed E-state index contributed by atoms with van der Waals surface area (Å²) in [5.74, 6) is -0.0133. The van der Waals surface area contributed by atoms with Crippen LogP contribution in [-0.4, -0.2) is 16.0 Å². The number of benzene rings is 1. The summed E-state index contributed by atoms with van der Waals surface area (Å²) >= 11 is 0. The highest BCUT2D eigenvalue weighted by Crippen LogP contribution is 2.33. The van der Waals surface area contributed by atoms with Crippen molar-refractivity contribution in [3.05, 3.63) is 74.9 Å². The Labute approximate surface area is 133 Å². The summed E-state index contributed by atoms with van der Waals surface area (Å²) in [6.45, 7) is 7.45. The molecule has 0 N–H and O–H groups in total. The fourth-order valence-corrected chi connectivity index (χ4v) is 1.92. The smallest absolute Gasteiger partial charge is 0.317 e. The summed E-state index contributed by atoms with van der Waals surface area (Å²) in [5, 5.41) is 21.9. The molecule has 0 radical (unpaired) electrons. The molecule has 23 heavy (non-hydrogen) atoms. The van der Waals surface area contributed by atoms with Gasteiger partial charge in [-0.3, -0.25) is 20.2 Å². The summed E-state index contributed by atoms with van der Waals surface area (Å²) in [4.78, 5) is 20.5. The molecule has 0 spiro atoms. The van der Waals surface area contributed by atoms with Gasteiger partial charge < -0.3 is 4.74 Å². The van der Waals surface area contributed by atoms with Gasteiger partial charge in [0.1, 0.15) is 6.10 Å². The van der Waals surface area contributed by atoms with Crippen molar-refractivity contribution in [2.45, 2.75) is 26.4 Å². The second-order valence-electron chi connectivity index (χ2n) is 4.58. The highest BCUT2D eigenvalue weighted by Gasteiger charge is 2.23. The van der Waals surface area contributed by atoms with Crippen molar-refractivity contribution >= 4 is 11.4 Å². The Morgan fingerprint density at radius 1 is 1.35 bits per heavy atom. The SMILES string of the molecule is C=C/C(=C\C=C/C)C(CC)Oc1ccc([N+](=O)[O-])cc1[N+](=O)[O-]. The monoisotopic (exact) mass is 318 g/mol. The lowest BCUT2D eigenvalue weighted by molar-refractivity contribution is -0.394. The van der Waals surface area contributed by atoms with E-state index in [-0.39, 0.29) is 11.4 Å². The van der Waals surface area contributed by atoms with Crippen molar-refractivity contribution in [1.29, 1.82) is 0 Å². The van der Waals surface area contributed by atoms with Gasteiger partial charge in [0.15, 0.2) is 5.75 Å². The number of hydrogen-bond acceptors (Lipinski definition) is 5. The predicted molar refractivity (Wildman–Crippen MR) is 87.6 cm³/mol. The minimum atomic E-state index is -0.696. The van der Waals surface area contributed by atoms with E-state index in [0.29, 0.717) is 6.42 Å². The molecule has 0 saturated carbocycles. The van der Waals surface area contributed by atoms with Gasteiger partial charge in [0, 0.05) is 6.07 Å². The van der Waals surface area contributed by atoms with Crippen LogP contribution in [-0.2, 0) is 0 Å². The Balaban J connectivity index is 3.21. The van der Waals surface area contributed by atoms with E-state index in [4.69, 9.17) is 4.74 Å². The van der Waals surface area contributed by atoms with Crippen LogP contribution in [0.5, 0.6) is 5.75 Å². The third kappa shape index (κ3) is 4.77. The van der Waals surface area contributed by atoms with Crippen molar-refractivity contribution in [3.8, 4) is 5.75 Å². The van der Waals surface area contributed by atoms with Gasteiger partial charge in [-0.05, 0) is 25.0 Å². The maximum Gasteiger partial charge on any atom is 0.317 e. The number of nitrogens with zero attached hydrogens (tertiary/aromatic N) is 2. The van der Waals surface area contributed by atoms with Crippen LogP contribution in [0.4, 0.5) is 11.4 Å². The molecule has 7 nitrogen and oxygen atoms in total. The normalized spacial score (nSPS) is 12.9. The van der Waals surface area contributed by atoms with E-state index in [0.717, 1.165) is 11.6 Å². The van der Waals surface area contributed by atoms with Crippen LogP contribution >= 0.6 is 0 Å². The maximum absolute atomic E-state index is 11.1. The average Bonchev–Trinajstić information content (AvgIpc) is 2.53. The fourth-order valence-electron chi connectivity index (χ4n) is 1.92. The van der Waals surface area contributed by atoms with Gasteiger partial charge in [-0.25, -0.2) is 0 Å². The van der Waals surface area contributed by atoms with Crippen molar-refractivity contribution < 1.29 is 14.6 Å². The average molecular weight is 318 g/mol. The molecule has 0 fully saturated rings. The molecule has 0 aromatic heterocycles. The number of allylic oxidation sites excluding steroid dienone is 3. The van der Waals surface area contributed by atoms with Crippen molar-refractivity contribution in [3.63, 3.8) is 0 Å². The van der Waals surface area contributed by atoms with Crippen LogP contribution in [0.25, 0.3) is 0 Å². The first kappa shape index (κ1) is 18.1. The molecule has 7 heteroatoms. The van der Waals surface area contributed by atoms with E-state index in [9.17, 15) is 20.2 Å². The summed E-state index contributed by atoms with van der Waals surface area (Å²) in [6, 6.07) is 3.32. The van der Waals surface area contributed by atoms with Gasteiger partial charge >= 0.3 is 5.69 Å². The highest BCUT2D eigenvalue weighted by molar-refractivity contribution is 5.53. The van der Waals surface area contributed by atoms with E-state index in [1.54, 1.807) is 12.2 Å². The topological polar surface area (TPSA) is 95.5 Å². The van der Waals surface area contributed by atoms with Gasteiger partial charge in [0.05, 0.1) is 15.9 Å². The molecule has 0 saturated heterocycles. The van der Waals surface area contributed by atoms with E-state index >= 15 is 0 Å². The molecule has 1 atom stereocenters. The zero-order chi connectivity index (χ0) is 17.4. The Morgan fingerprint density at radius 2 is 2.04 bits per heavy atom. The lowest BCUT2D eigenvalue weighted by atomic mass is 10.1. The van der Waals surface area contributed by atoms with E-state index in [2.05, 4.69) is 6.58 Å². The molecule has 1 unspecified atom stereocenters. The zero-order valence-electron chi connectivity index (χ0n) is 13.0. The standard InChI is InChI=1S/C16H18N2O5/c1-4-7-8-12(5-2)15(6-3)23-16-10-9-13(17(19)20)11-14(16)18(21)22/h4-5,7-11,15H,2,6H2,1,3H3/b7-4-,12-8+. The Morgan fingerprint density at radius 3 is 2.52 bits per heavy atom. The molecule has 0 bridgehead atoms. The van der Waals surface area contributed by atoms with Crippen LogP contribution in [0.15, 0.2) is 54.7 Å². The van der Waals surface area contributed by atoms with Gasteiger partial charge in [-0.1, -0.05) is 37.8 Å². The zero-order valence-corrected chi connectivity index (χ0v) is 13.0. The highest BCUT2D eigenvalue weighted by atomic mass is 16.6. The summed E-state index contributed by atoms with van der Waals surface area (Å²) in [7, 11) is 0. The van der Waals surface area contributed by atoms with Crippen LogP contribution in [0.2, 0.25) is 0 Å². The molecule has 1 aromatic carbocycles. The van der Waals surface area contributed by atoms with Gasteiger partial charge in [0.2, 0.25) is 0 Å². The van der Waals surface area contributed by atoms with Crippen LogP contribution in [0.1, 0.15) is 20.3 Å². The van der Waals surface area contributed by atoms with Gasteiger partial charge in [-0.2, -0.15) is 0 Å². The van der Waals surface area contributed by atoms with Gasteiger partial charge in [-0.15, -0.1) is 0 Å². The molecular weight excluding hydrogens is 300 g/mol. The molecule has 0 aliphatic rings. The van der Waals surface area contributed by atoms with Crippen LogP contribution in [0.3, 0.4) is 0 Å². The first-order chi connectivity index (χ1) is 10.9. The third-order valence-corrected chi connectivity index (χ3v) is 3.08. The minimum absolute atomic E-state index is 0.0133. The summed E-state index contributed by atoms with van der Waals surface area (Å²) < 4.78 is 5.70. The Kier molecular flexibility index (Phi) is 6.67. The van der Waals surface area contributed by atoms with Crippen molar-refractivity contribution in [1.82, 2.24) is 0 Å². The lowest BCUT2D eigenvalue weighted by Crippen LogP contribution is -2.18. The second kappa shape index (κ2) is 8.47. The van der Waals surface area contributed by atoms with Gasteiger partial charge in [0.25, 0.3) is 5.69 Å². The molecule has 1 rings (SSSR count). The second-order valence-corrected chi connectivity index (χ2v) is 4.58. The molecule has 0 aliphatic carbocycles. The summed E-state index contributed by atoms with van der Waals surface area (Å²) in [5.41, 5.74) is -0.0316. The molecule has 0 aliphatic heterocycles. The summed E-state index contributed by atoms with van der Waals surface area (Å²) in [6.07, 6.45) is 7.19. The maximum atomic E-state index is 11.1. The number of ether oxygens (including phenoxy) is 1. The molecular formula is C16H18N2O5. The van der Waals surface area contributed by atoms with Crippen LogP contribution < -0.4 is 4.74 Å². The fraction of sp³-hybridized carbons (Fsp3) is 0.250. The van der Waals surface area contributed by atoms with Crippen molar-refractivity contribution in [2.75, 3.05) is 0 Å². The number of nitro groups is 2. The molecule has 0 amide bonds. The molecule has 0 heterocycles. The number of hydrogen-bond donors (Lipinski definition) is 0. The Hall–Kier alpha value is -2.96.